The summed E-state index contributed by atoms with van der Waals surface area (Å²) in [4.78, 5) is 31.6. The van der Waals surface area contributed by atoms with Gasteiger partial charge in [0, 0.05) is 24.0 Å². The summed E-state index contributed by atoms with van der Waals surface area (Å²) >= 11 is 0. The van der Waals surface area contributed by atoms with Crippen molar-refractivity contribution in [3.63, 3.8) is 0 Å². The van der Waals surface area contributed by atoms with Crippen molar-refractivity contribution in [1.29, 1.82) is 0 Å². The van der Waals surface area contributed by atoms with Gasteiger partial charge < -0.3 is 15.8 Å². The SMILES string of the molecule is CCC1C(COc2nccc3cc(C(N)=O)c4nccn4c23)NC(=O)C1(F)F. The number of nitrogens with zero attached hydrogens (tertiary/aromatic N) is 3. The number of nitrogens with one attached hydrogen (secondary N) is 1. The highest BCUT2D eigenvalue weighted by Gasteiger charge is 2.56. The first-order valence-electron chi connectivity index (χ1n) is 8.70. The summed E-state index contributed by atoms with van der Waals surface area (Å²) in [6, 6.07) is 2.41. The highest BCUT2D eigenvalue weighted by Crippen LogP contribution is 2.36. The van der Waals surface area contributed by atoms with Gasteiger partial charge in [0.1, 0.15) is 17.8 Å². The number of hydrogen-bond acceptors (Lipinski definition) is 5. The van der Waals surface area contributed by atoms with E-state index in [1.54, 1.807) is 29.7 Å². The number of nitrogens with two attached hydrogens (primary N) is 1. The van der Waals surface area contributed by atoms with E-state index in [1.807, 2.05) is 0 Å². The van der Waals surface area contributed by atoms with Crippen molar-refractivity contribution < 1.29 is 23.1 Å². The number of hydrogen-bond donors (Lipinski definition) is 2. The number of primary amides is 1. The predicted molar refractivity (Wildman–Crippen MR) is 95.2 cm³/mol. The maximum Gasteiger partial charge on any atom is 0.329 e. The Balaban J connectivity index is 1.72. The van der Waals surface area contributed by atoms with Gasteiger partial charge in [-0.25, -0.2) is 9.97 Å². The summed E-state index contributed by atoms with van der Waals surface area (Å²) in [7, 11) is 0. The van der Waals surface area contributed by atoms with Gasteiger partial charge in [-0.3, -0.25) is 14.0 Å². The molecule has 0 saturated carbocycles. The first kappa shape index (κ1) is 18.1. The molecule has 2 amide bonds. The number of imidazole rings is 1. The van der Waals surface area contributed by atoms with Crippen LogP contribution < -0.4 is 15.8 Å². The molecule has 1 saturated heterocycles. The molecule has 4 heterocycles. The summed E-state index contributed by atoms with van der Waals surface area (Å²) in [6.07, 6.45) is 4.72. The lowest BCUT2D eigenvalue weighted by molar-refractivity contribution is -0.144. The molecule has 1 aliphatic rings. The smallest absolute Gasteiger partial charge is 0.329 e. The summed E-state index contributed by atoms with van der Waals surface area (Å²) in [5.41, 5.74) is 6.52. The van der Waals surface area contributed by atoms with Crippen LogP contribution in [0.15, 0.2) is 30.7 Å². The van der Waals surface area contributed by atoms with Crippen LogP contribution in [0.1, 0.15) is 23.7 Å². The Hall–Kier alpha value is -3.30. The second-order valence-electron chi connectivity index (χ2n) is 6.63. The molecular weight excluding hydrogens is 372 g/mol. The fraction of sp³-hybridized carbons (Fsp3) is 0.333. The summed E-state index contributed by atoms with van der Waals surface area (Å²) in [5, 5.41) is 2.92. The number of amides is 2. The van der Waals surface area contributed by atoms with E-state index in [-0.39, 0.29) is 24.5 Å². The first-order valence-corrected chi connectivity index (χ1v) is 8.70. The van der Waals surface area contributed by atoms with Crippen LogP contribution in [0, 0.1) is 5.92 Å². The van der Waals surface area contributed by atoms with Crippen molar-refractivity contribution in [1.82, 2.24) is 19.7 Å². The van der Waals surface area contributed by atoms with Crippen LogP contribution in [0.3, 0.4) is 0 Å². The number of rotatable bonds is 5. The molecule has 1 aliphatic heterocycles. The Bertz CT molecular complexity index is 1100. The number of aromatic nitrogens is 3. The lowest BCUT2D eigenvalue weighted by Gasteiger charge is -2.20. The maximum atomic E-state index is 14.0. The van der Waals surface area contributed by atoms with Crippen LogP contribution in [-0.2, 0) is 4.79 Å². The minimum Gasteiger partial charge on any atom is -0.474 e. The average molecular weight is 389 g/mol. The van der Waals surface area contributed by atoms with E-state index in [2.05, 4.69) is 15.3 Å². The monoisotopic (exact) mass is 389 g/mol. The fourth-order valence-corrected chi connectivity index (χ4v) is 3.65. The van der Waals surface area contributed by atoms with Gasteiger partial charge in [0.25, 0.3) is 11.8 Å². The molecule has 0 aromatic carbocycles. The number of ether oxygens (including phenoxy) is 1. The zero-order chi connectivity index (χ0) is 20.1. The molecule has 1 fully saturated rings. The Morgan fingerprint density at radius 2 is 2.18 bits per heavy atom. The Morgan fingerprint density at radius 1 is 1.39 bits per heavy atom. The van der Waals surface area contributed by atoms with Crippen molar-refractivity contribution in [2.45, 2.75) is 25.3 Å². The normalized spacial score (nSPS) is 21.2. The number of fused-ring (bicyclic) bond motifs is 3. The zero-order valence-corrected chi connectivity index (χ0v) is 14.9. The van der Waals surface area contributed by atoms with Gasteiger partial charge in [0.2, 0.25) is 5.88 Å². The predicted octanol–water partition coefficient (Wildman–Crippen LogP) is 1.52. The number of pyridine rings is 2. The van der Waals surface area contributed by atoms with E-state index in [1.165, 1.54) is 12.4 Å². The lowest BCUT2D eigenvalue weighted by atomic mass is 9.95. The molecule has 0 aliphatic carbocycles. The highest BCUT2D eigenvalue weighted by atomic mass is 19.3. The molecule has 8 nitrogen and oxygen atoms in total. The fourth-order valence-electron chi connectivity index (χ4n) is 3.65. The third-order valence-electron chi connectivity index (χ3n) is 5.02. The molecule has 2 unspecified atom stereocenters. The van der Waals surface area contributed by atoms with Gasteiger partial charge in [-0.05, 0) is 18.6 Å². The molecule has 4 rings (SSSR count). The van der Waals surface area contributed by atoms with Crippen molar-refractivity contribution in [3.8, 4) is 5.88 Å². The molecule has 146 valence electrons. The van der Waals surface area contributed by atoms with E-state index in [9.17, 15) is 18.4 Å². The quantitative estimate of drug-likeness (QED) is 0.687. The third kappa shape index (κ3) is 2.63. The molecule has 28 heavy (non-hydrogen) atoms. The van der Waals surface area contributed by atoms with Crippen LogP contribution in [0.25, 0.3) is 16.6 Å². The van der Waals surface area contributed by atoms with E-state index < -0.39 is 29.7 Å². The van der Waals surface area contributed by atoms with Crippen LogP contribution >= 0.6 is 0 Å². The number of alkyl halides is 2. The standard InChI is InChI=1S/C18H17F2N5O3/c1-2-11-12(24-17(27)18(11,19)20)8-28-16-13-9(3-4-23-16)7-10(14(21)26)15-22-5-6-25(13)15/h3-7,11-12H,2,8H2,1H3,(H2,21,26)(H,24,27). The van der Waals surface area contributed by atoms with Crippen LogP contribution in [-0.4, -0.2) is 44.8 Å². The van der Waals surface area contributed by atoms with E-state index >= 15 is 0 Å². The summed E-state index contributed by atoms with van der Waals surface area (Å²) in [5.74, 6) is -6.33. The molecule has 3 aromatic heterocycles. The number of carbonyl (C=O) groups is 2. The Kier molecular flexibility index (Phi) is 4.13. The Labute approximate surface area is 157 Å². The molecule has 0 bridgehead atoms. The highest BCUT2D eigenvalue weighted by molar-refractivity contribution is 6.03. The zero-order valence-electron chi connectivity index (χ0n) is 14.9. The van der Waals surface area contributed by atoms with Gasteiger partial charge >= 0.3 is 5.92 Å². The largest absolute Gasteiger partial charge is 0.474 e. The summed E-state index contributed by atoms with van der Waals surface area (Å²) in [6.45, 7) is 1.43. The van der Waals surface area contributed by atoms with Crippen molar-refractivity contribution in [2.75, 3.05) is 6.61 Å². The molecule has 3 N–H and O–H groups in total. The minimum absolute atomic E-state index is 0.121. The molecule has 3 aromatic rings. The maximum absolute atomic E-state index is 14.0. The van der Waals surface area contributed by atoms with Crippen molar-refractivity contribution in [2.24, 2.45) is 11.7 Å². The van der Waals surface area contributed by atoms with Gasteiger partial charge in [-0.2, -0.15) is 8.78 Å². The first-order chi connectivity index (χ1) is 13.3. The summed E-state index contributed by atoms with van der Waals surface area (Å²) < 4.78 is 35.3. The molecular formula is C18H17F2N5O3. The second kappa shape index (κ2) is 6.39. The molecule has 0 spiro atoms. The van der Waals surface area contributed by atoms with Crippen LogP contribution in [0.5, 0.6) is 5.88 Å². The van der Waals surface area contributed by atoms with Crippen LogP contribution in [0.2, 0.25) is 0 Å². The van der Waals surface area contributed by atoms with Gasteiger partial charge in [-0.15, -0.1) is 0 Å². The van der Waals surface area contributed by atoms with E-state index in [4.69, 9.17) is 10.5 Å². The van der Waals surface area contributed by atoms with Gasteiger partial charge in [0.05, 0.1) is 17.5 Å². The number of carbonyl (C=O) groups excluding carboxylic acids is 2. The minimum atomic E-state index is -3.43. The average Bonchev–Trinajstić information content (AvgIpc) is 3.22. The second-order valence-corrected chi connectivity index (χ2v) is 6.63. The van der Waals surface area contributed by atoms with Crippen molar-refractivity contribution >= 4 is 28.4 Å². The van der Waals surface area contributed by atoms with E-state index in [0.717, 1.165) is 0 Å². The van der Waals surface area contributed by atoms with Crippen molar-refractivity contribution in [3.05, 3.63) is 36.3 Å². The topological polar surface area (TPSA) is 112 Å². The van der Waals surface area contributed by atoms with Gasteiger partial charge in [-0.1, -0.05) is 6.92 Å². The molecule has 0 radical (unpaired) electrons. The van der Waals surface area contributed by atoms with Crippen LogP contribution in [0.4, 0.5) is 8.78 Å². The lowest BCUT2D eigenvalue weighted by Crippen LogP contribution is -2.35. The third-order valence-corrected chi connectivity index (χ3v) is 5.02. The Morgan fingerprint density at radius 3 is 2.89 bits per heavy atom. The molecule has 2 atom stereocenters. The van der Waals surface area contributed by atoms with E-state index in [0.29, 0.717) is 16.6 Å². The number of halogens is 2. The molecule has 10 heteroatoms. The van der Waals surface area contributed by atoms with Gasteiger partial charge in [0.15, 0.2) is 0 Å².